The van der Waals surface area contributed by atoms with Crippen LogP contribution in [0.15, 0.2) is 59.7 Å². The monoisotopic (exact) mass is 508 g/mol. The maximum Gasteiger partial charge on any atom is 0.293 e. The van der Waals surface area contributed by atoms with Crippen molar-refractivity contribution < 1.29 is 23.8 Å². The highest BCUT2D eigenvalue weighted by atomic mass is 19.3. The number of rotatable bonds is 8. The van der Waals surface area contributed by atoms with Gasteiger partial charge in [0.15, 0.2) is 0 Å². The quantitative estimate of drug-likeness (QED) is 0.345. The number of likely N-dealkylation sites (tertiary alicyclic amines) is 1. The molecule has 1 amide bonds. The zero-order valence-corrected chi connectivity index (χ0v) is 19.8. The van der Waals surface area contributed by atoms with E-state index in [2.05, 4.69) is 32.0 Å². The number of alkyl halides is 2. The highest BCUT2D eigenvalue weighted by molar-refractivity contribution is 5.84. The van der Waals surface area contributed by atoms with E-state index in [1.807, 2.05) is 24.3 Å². The van der Waals surface area contributed by atoms with Crippen LogP contribution < -0.4 is 10.9 Å². The molecule has 2 aromatic carbocycles. The third-order valence-corrected chi connectivity index (χ3v) is 5.98. The van der Waals surface area contributed by atoms with Crippen LogP contribution in [0.2, 0.25) is 0 Å². The number of H-pyrrole nitrogens is 1. The number of carbonyl (C=O) groups is 1. The summed E-state index contributed by atoms with van der Waals surface area (Å²) in [6, 6.07) is 14.9. The number of aliphatic hydroxyl groups is 1. The molecule has 1 saturated heterocycles. The number of β-amino-alcohol motifs (C(OH)–C–C–N with tert-alkyl or cyclic N) is 1. The Hall–Kier alpha value is -4.07. The van der Waals surface area contributed by atoms with Crippen molar-refractivity contribution in [2.24, 2.45) is 0 Å². The van der Waals surface area contributed by atoms with Gasteiger partial charge in [0.05, 0.1) is 24.9 Å². The molecule has 1 aliphatic heterocycles. The summed E-state index contributed by atoms with van der Waals surface area (Å²) in [6.07, 6.45) is -1.89. The Morgan fingerprint density at radius 1 is 1.08 bits per heavy atom. The Morgan fingerprint density at radius 2 is 1.68 bits per heavy atom. The molecule has 37 heavy (non-hydrogen) atoms. The number of nitrogens with zero attached hydrogens (tertiary/aromatic N) is 2. The van der Waals surface area contributed by atoms with E-state index in [9.17, 15) is 28.6 Å². The number of nitrogens with one attached hydrogen (secondary N) is 2. The van der Waals surface area contributed by atoms with Gasteiger partial charge in [0.1, 0.15) is 5.69 Å². The van der Waals surface area contributed by atoms with Crippen molar-refractivity contribution in [3.05, 3.63) is 93.2 Å². The molecule has 0 bridgehead atoms. The van der Waals surface area contributed by atoms with E-state index in [1.165, 1.54) is 0 Å². The molecule has 1 aromatic heterocycles. The van der Waals surface area contributed by atoms with E-state index in [1.54, 1.807) is 24.3 Å². The Bertz CT molecular complexity index is 1340. The van der Waals surface area contributed by atoms with Crippen molar-refractivity contribution in [2.75, 3.05) is 19.6 Å². The molecule has 0 radical (unpaired) electrons. The van der Waals surface area contributed by atoms with E-state index in [-0.39, 0.29) is 18.2 Å². The number of hydrogen-bond acceptors (Lipinski definition) is 6. The molecule has 3 aromatic rings. The average molecular weight is 509 g/mol. The highest BCUT2D eigenvalue weighted by Crippen LogP contribution is 2.24. The summed E-state index contributed by atoms with van der Waals surface area (Å²) in [7, 11) is 0. The van der Waals surface area contributed by atoms with Crippen LogP contribution in [-0.2, 0) is 17.8 Å². The number of amides is 1. The van der Waals surface area contributed by atoms with Gasteiger partial charge in [-0.15, -0.1) is 0 Å². The Kier molecular flexibility index (Phi) is 8.28. The first-order valence-corrected chi connectivity index (χ1v) is 11.7. The molecule has 1 fully saturated rings. The van der Waals surface area contributed by atoms with E-state index >= 15 is 0 Å². The maximum atomic E-state index is 12.6. The summed E-state index contributed by atoms with van der Waals surface area (Å²) in [6.45, 7) is 1.33. The normalized spacial score (nSPS) is 14.5. The first kappa shape index (κ1) is 26.0. The SMILES string of the molecule is O=C(NCC(F)F)C(Cc1ccc(C#Cc2ccc(CN3CC(O)C3)cc2)cc1)c1nc[nH]c(=O)c1O. The van der Waals surface area contributed by atoms with E-state index in [0.29, 0.717) is 18.7 Å². The lowest BCUT2D eigenvalue weighted by Gasteiger charge is -2.35. The second-order valence-electron chi connectivity index (χ2n) is 8.85. The Labute approximate surface area is 212 Å². The van der Waals surface area contributed by atoms with Crippen LogP contribution in [0.4, 0.5) is 8.78 Å². The van der Waals surface area contributed by atoms with Crippen LogP contribution in [-0.4, -0.2) is 63.2 Å². The van der Waals surface area contributed by atoms with E-state index in [0.717, 1.165) is 29.6 Å². The molecule has 2 heterocycles. The molecule has 0 aliphatic carbocycles. The first-order valence-electron chi connectivity index (χ1n) is 11.7. The van der Waals surface area contributed by atoms with Crippen molar-refractivity contribution in [3.8, 4) is 17.6 Å². The summed E-state index contributed by atoms with van der Waals surface area (Å²) < 4.78 is 25.2. The lowest BCUT2D eigenvalue weighted by Crippen LogP contribution is -2.49. The van der Waals surface area contributed by atoms with Crippen molar-refractivity contribution in [2.45, 2.75) is 31.4 Å². The highest BCUT2D eigenvalue weighted by Gasteiger charge is 2.27. The summed E-state index contributed by atoms with van der Waals surface area (Å²) >= 11 is 0. The number of carbonyl (C=O) groups excluding carboxylic acids is 1. The van der Waals surface area contributed by atoms with Gasteiger partial charge < -0.3 is 20.5 Å². The van der Waals surface area contributed by atoms with Gasteiger partial charge in [-0.25, -0.2) is 13.8 Å². The number of hydrogen-bond donors (Lipinski definition) is 4. The van der Waals surface area contributed by atoms with Crippen molar-refractivity contribution in [3.63, 3.8) is 0 Å². The van der Waals surface area contributed by atoms with E-state index < -0.39 is 36.1 Å². The first-order chi connectivity index (χ1) is 17.8. The standard InChI is InChI=1S/C27H26F2N4O4/c28-23(29)12-30-26(36)22(24-25(35)27(37)32-16-31-24)11-19-7-3-17(4-8-19)1-2-18-5-9-20(10-6-18)13-33-14-21(34)15-33/h3-10,16,21-23,34-35H,11-15H2,(H,30,36)(H,31,32,37). The molecule has 192 valence electrons. The van der Waals surface area contributed by atoms with Crippen molar-refractivity contribution >= 4 is 5.91 Å². The molecule has 10 heteroatoms. The third kappa shape index (κ3) is 7.00. The minimum Gasteiger partial charge on any atom is -0.502 e. The van der Waals surface area contributed by atoms with Crippen molar-refractivity contribution in [1.29, 1.82) is 0 Å². The van der Waals surface area contributed by atoms with Crippen LogP contribution in [0.5, 0.6) is 5.75 Å². The predicted molar refractivity (Wildman–Crippen MR) is 132 cm³/mol. The lowest BCUT2D eigenvalue weighted by atomic mass is 9.94. The third-order valence-electron chi connectivity index (χ3n) is 5.98. The molecular weight excluding hydrogens is 482 g/mol. The molecule has 1 atom stereocenters. The molecule has 4 rings (SSSR count). The number of aromatic hydroxyl groups is 1. The number of aromatic amines is 1. The summed E-state index contributed by atoms with van der Waals surface area (Å²) in [4.78, 5) is 32.7. The van der Waals surface area contributed by atoms with Gasteiger partial charge in [0, 0.05) is 30.8 Å². The zero-order chi connectivity index (χ0) is 26.4. The maximum absolute atomic E-state index is 12.6. The van der Waals surface area contributed by atoms with Gasteiger partial charge >= 0.3 is 0 Å². The second kappa shape index (κ2) is 11.8. The molecule has 0 spiro atoms. The summed E-state index contributed by atoms with van der Waals surface area (Å²) in [5, 5.41) is 21.6. The van der Waals surface area contributed by atoms with Crippen LogP contribution in [0.1, 0.15) is 33.9 Å². The molecular formula is C27H26F2N4O4. The smallest absolute Gasteiger partial charge is 0.293 e. The molecule has 8 nitrogen and oxygen atoms in total. The number of halogens is 2. The number of benzene rings is 2. The van der Waals surface area contributed by atoms with Gasteiger partial charge in [-0.3, -0.25) is 14.5 Å². The largest absolute Gasteiger partial charge is 0.502 e. The summed E-state index contributed by atoms with van der Waals surface area (Å²) in [5.41, 5.74) is 2.39. The zero-order valence-electron chi connectivity index (χ0n) is 19.8. The van der Waals surface area contributed by atoms with Crippen LogP contribution >= 0.6 is 0 Å². The van der Waals surface area contributed by atoms with Gasteiger partial charge in [-0.2, -0.15) is 0 Å². The van der Waals surface area contributed by atoms with Crippen LogP contribution in [0, 0.1) is 11.8 Å². The minimum absolute atomic E-state index is 0.0301. The van der Waals surface area contributed by atoms with Gasteiger partial charge in [-0.1, -0.05) is 36.1 Å². The Balaban J connectivity index is 1.44. The Morgan fingerprint density at radius 3 is 2.24 bits per heavy atom. The summed E-state index contributed by atoms with van der Waals surface area (Å²) in [5.74, 6) is 3.54. The van der Waals surface area contributed by atoms with Crippen molar-refractivity contribution in [1.82, 2.24) is 20.2 Å². The van der Waals surface area contributed by atoms with Gasteiger partial charge in [-0.05, 0) is 41.8 Å². The molecule has 4 N–H and O–H groups in total. The fourth-order valence-electron chi connectivity index (χ4n) is 4.00. The fraction of sp³-hybridized carbons (Fsp3) is 0.296. The predicted octanol–water partition coefficient (Wildman–Crippen LogP) is 1.76. The van der Waals surface area contributed by atoms with Crippen LogP contribution in [0.3, 0.4) is 0 Å². The topological polar surface area (TPSA) is 119 Å². The molecule has 0 saturated carbocycles. The average Bonchev–Trinajstić information content (AvgIpc) is 2.87. The minimum atomic E-state index is -2.74. The lowest BCUT2D eigenvalue weighted by molar-refractivity contribution is -0.123. The van der Waals surface area contributed by atoms with Gasteiger partial charge in [0.25, 0.3) is 12.0 Å². The van der Waals surface area contributed by atoms with E-state index in [4.69, 9.17) is 0 Å². The van der Waals surface area contributed by atoms with Gasteiger partial charge in [0.2, 0.25) is 11.7 Å². The number of aliphatic hydroxyl groups excluding tert-OH is 1. The second-order valence-corrected chi connectivity index (χ2v) is 8.85. The molecule has 1 aliphatic rings. The molecule has 1 unspecified atom stereocenters. The fourth-order valence-corrected chi connectivity index (χ4v) is 4.00. The number of aromatic nitrogens is 2. The van der Waals surface area contributed by atoms with Crippen LogP contribution in [0.25, 0.3) is 0 Å².